The zero-order valence-electron chi connectivity index (χ0n) is 18.4. The summed E-state index contributed by atoms with van der Waals surface area (Å²) in [5.74, 6) is 0.396. The predicted octanol–water partition coefficient (Wildman–Crippen LogP) is 5.25. The topological polar surface area (TPSA) is 46.2 Å². The molecule has 29 heavy (non-hydrogen) atoms. The quantitative estimate of drug-likeness (QED) is 0.414. The van der Waals surface area contributed by atoms with Gasteiger partial charge in [-0.05, 0) is 43.4 Å². The molecule has 0 aliphatic rings. The van der Waals surface area contributed by atoms with Crippen molar-refractivity contribution in [2.24, 2.45) is 5.92 Å². The van der Waals surface area contributed by atoms with Crippen molar-refractivity contribution in [2.75, 3.05) is 0 Å². The smallest absolute Gasteiger partial charge is 0.208 e. The summed E-state index contributed by atoms with van der Waals surface area (Å²) < 4.78 is 29.0. The van der Waals surface area contributed by atoms with Crippen molar-refractivity contribution in [3.8, 4) is 0 Å². The molecule has 0 aliphatic carbocycles. The number of hydrogen-bond donors (Lipinski definition) is 1. The molecule has 2 rings (SSSR count). The van der Waals surface area contributed by atoms with E-state index in [2.05, 4.69) is 62.5 Å². The molecule has 0 spiro atoms. The number of aryl methyl sites for hydroxylation is 1. The summed E-state index contributed by atoms with van der Waals surface area (Å²) in [7, 11) is -5.39. The van der Waals surface area contributed by atoms with Crippen LogP contribution in [-0.2, 0) is 10.0 Å². The third kappa shape index (κ3) is 6.39. The third-order valence-electron chi connectivity index (χ3n) is 5.68. The molecule has 2 aromatic rings. The minimum absolute atomic E-state index is 0.125. The Balaban J connectivity index is 2.27. The van der Waals surface area contributed by atoms with E-state index in [-0.39, 0.29) is 11.6 Å². The number of benzene rings is 2. The van der Waals surface area contributed by atoms with E-state index < -0.39 is 18.1 Å². The Morgan fingerprint density at radius 2 is 1.59 bits per heavy atom. The predicted molar refractivity (Wildman–Crippen MR) is 127 cm³/mol. The molecule has 3 nitrogen and oxygen atoms in total. The zero-order chi connectivity index (χ0) is 21.7. The molecule has 0 aliphatic heterocycles. The highest BCUT2D eigenvalue weighted by Gasteiger charge is 2.34. The monoisotopic (exact) mass is 429 g/mol. The van der Waals surface area contributed by atoms with Gasteiger partial charge < -0.3 is 0 Å². The lowest BCUT2D eigenvalue weighted by Gasteiger charge is -2.34. The average Bonchev–Trinajstić information content (AvgIpc) is 2.66. The van der Waals surface area contributed by atoms with Gasteiger partial charge in [-0.25, -0.2) is 13.1 Å². The Morgan fingerprint density at radius 3 is 2.10 bits per heavy atom. The van der Waals surface area contributed by atoms with Crippen molar-refractivity contribution in [1.82, 2.24) is 4.72 Å². The Labute approximate surface area is 178 Å². The minimum Gasteiger partial charge on any atom is -0.208 e. The minimum atomic E-state index is -3.55. The van der Waals surface area contributed by atoms with E-state index in [1.807, 2.05) is 31.2 Å². The molecule has 0 saturated heterocycles. The van der Waals surface area contributed by atoms with E-state index in [9.17, 15) is 8.42 Å². The molecule has 2 aromatic carbocycles. The highest BCUT2D eigenvalue weighted by atomic mass is 32.2. The van der Waals surface area contributed by atoms with Crippen molar-refractivity contribution in [2.45, 2.75) is 63.2 Å². The van der Waals surface area contributed by atoms with Crippen LogP contribution in [0.2, 0.25) is 18.6 Å². The van der Waals surface area contributed by atoms with E-state index in [4.69, 9.17) is 0 Å². The van der Waals surface area contributed by atoms with Gasteiger partial charge in [-0.2, -0.15) is 0 Å². The molecule has 5 heteroatoms. The van der Waals surface area contributed by atoms with Crippen LogP contribution in [0.4, 0.5) is 0 Å². The molecular formula is C24H35NO2SSi. The molecule has 2 atom stereocenters. The molecule has 0 unspecified atom stereocenters. The lowest BCUT2D eigenvalue weighted by atomic mass is 10.0. The number of hydrogen-bond acceptors (Lipinski definition) is 2. The van der Waals surface area contributed by atoms with Gasteiger partial charge in [0.05, 0.1) is 13.0 Å². The van der Waals surface area contributed by atoms with E-state index in [0.717, 1.165) is 18.4 Å². The first-order valence-corrected chi connectivity index (χ1v) is 14.9. The molecule has 1 N–H and O–H groups in total. The molecule has 0 fully saturated rings. The Hall–Kier alpha value is -1.69. The molecule has 0 saturated carbocycles. The highest BCUT2D eigenvalue weighted by molar-refractivity contribution is 7.89. The Kier molecular flexibility index (Phi) is 8.03. The largest absolute Gasteiger partial charge is 0.240 e. The van der Waals surface area contributed by atoms with Crippen molar-refractivity contribution in [3.63, 3.8) is 0 Å². The van der Waals surface area contributed by atoms with Gasteiger partial charge in [0.25, 0.3) is 0 Å². The first-order chi connectivity index (χ1) is 13.6. The van der Waals surface area contributed by atoms with Gasteiger partial charge in [0, 0.05) is 6.04 Å². The Bertz CT molecular complexity index is 890. The average molecular weight is 430 g/mol. The van der Waals surface area contributed by atoms with Gasteiger partial charge in [-0.3, -0.25) is 0 Å². The summed E-state index contributed by atoms with van der Waals surface area (Å²) in [5, 5.41) is 1.37. The fourth-order valence-corrected chi connectivity index (χ4v) is 8.04. The van der Waals surface area contributed by atoms with Crippen molar-refractivity contribution in [3.05, 3.63) is 72.8 Å². The molecule has 158 valence electrons. The Morgan fingerprint density at radius 1 is 1.00 bits per heavy atom. The van der Waals surface area contributed by atoms with Crippen LogP contribution in [0.15, 0.2) is 72.1 Å². The lowest BCUT2D eigenvalue weighted by Crippen LogP contribution is -2.48. The molecule has 0 heterocycles. The summed E-state index contributed by atoms with van der Waals surface area (Å²) in [6.45, 7) is 15.0. The number of sulfonamides is 1. The third-order valence-corrected chi connectivity index (χ3v) is 11.4. The van der Waals surface area contributed by atoms with Crippen molar-refractivity contribution in [1.29, 1.82) is 0 Å². The van der Waals surface area contributed by atoms with Crippen molar-refractivity contribution < 1.29 is 8.42 Å². The normalized spacial score (nSPS) is 14.6. The summed E-state index contributed by atoms with van der Waals surface area (Å²) in [6.07, 6.45) is 3.60. The SMILES string of the molecule is C=C[C@H](C[C@H](CC(C)C)NS(=O)(=O)c1ccc(C)cc1)[Si](C)(C)c1ccccc1. The zero-order valence-corrected chi connectivity index (χ0v) is 20.2. The van der Waals surface area contributed by atoms with Crippen LogP contribution in [0.25, 0.3) is 0 Å². The van der Waals surface area contributed by atoms with E-state index in [1.54, 1.807) is 12.1 Å². The molecule has 0 bridgehead atoms. The summed E-state index contributed by atoms with van der Waals surface area (Å²) in [6, 6.07) is 17.5. The van der Waals surface area contributed by atoms with Gasteiger partial charge in [-0.15, -0.1) is 6.58 Å². The fourth-order valence-electron chi connectivity index (χ4n) is 3.84. The van der Waals surface area contributed by atoms with Crippen LogP contribution in [0.1, 0.15) is 32.3 Å². The van der Waals surface area contributed by atoms with Crippen LogP contribution in [0.5, 0.6) is 0 Å². The van der Waals surface area contributed by atoms with E-state index >= 15 is 0 Å². The van der Waals surface area contributed by atoms with Gasteiger partial charge in [0.15, 0.2) is 0 Å². The second-order valence-corrected chi connectivity index (χ2v) is 15.4. The first kappa shape index (κ1) is 23.6. The highest BCUT2D eigenvalue weighted by Crippen LogP contribution is 2.30. The summed E-state index contributed by atoms with van der Waals surface area (Å²) in [5.41, 5.74) is 1.32. The lowest BCUT2D eigenvalue weighted by molar-refractivity contribution is 0.440. The number of rotatable bonds is 10. The maximum absolute atomic E-state index is 13.0. The number of nitrogens with one attached hydrogen (secondary N) is 1. The van der Waals surface area contributed by atoms with Gasteiger partial charge in [0.2, 0.25) is 10.0 Å². The molecular weight excluding hydrogens is 394 g/mol. The number of allylic oxidation sites excluding steroid dienone is 1. The summed E-state index contributed by atoms with van der Waals surface area (Å²) >= 11 is 0. The molecule has 0 radical (unpaired) electrons. The molecule has 0 amide bonds. The maximum atomic E-state index is 13.0. The second-order valence-electron chi connectivity index (χ2n) is 8.93. The van der Waals surface area contributed by atoms with Crippen LogP contribution in [0.3, 0.4) is 0 Å². The van der Waals surface area contributed by atoms with Crippen LogP contribution in [-0.4, -0.2) is 22.5 Å². The van der Waals surface area contributed by atoms with Gasteiger partial charge in [0.1, 0.15) is 0 Å². The van der Waals surface area contributed by atoms with Gasteiger partial charge >= 0.3 is 0 Å². The maximum Gasteiger partial charge on any atom is 0.240 e. The van der Waals surface area contributed by atoms with E-state index in [1.165, 1.54) is 5.19 Å². The molecule has 0 aromatic heterocycles. The van der Waals surface area contributed by atoms with Crippen LogP contribution < -0.4 is 9.91 Å². The van der Waals surface area contributed by atoms with Crippen LogP contribution >= 0.6 is 0 Å². The second kappa shape index (κ2) is 9.87. The van der Waals surface area contributed by atoms with E-state index in [0.29, 0.717) is 10.8 Å². The standard InChI is InChI=1S/C24H35NO2SSi/c1-7-23(29(5,6)24-11-9-8-10-12-24)18-21(17-19(2)3)25-28(26,27)22-15-13-20(4)14-16-22/h7-16,19,21,23,25H,1,17-18H2,2-6H3/t21-,23+/m0/s1. The summed E-state index contributed by atoms with van der Waals surface area (Å²) in [4.78, 5) is 0.326. The fraction of sp³-hybridized carbons (Fsp3) is 0.417. The van der Waals surface area contributed by atoms with Gasteiger partial charge in [-0.1, -0.05) is 86.2 Å². The first-order valence-electron chi connectivity index (χ1n) is 10.3. The van der Waals surface area contributed by atoms with Crippen molar-refractivity contribution >= 4 is 23.3 Å². The van der Waals surface area contributed by atoms with Crippen LogP contribution in [0, 0.1) is 12.8 Å².